The first-order valence-electron chi connectivity index (χ1n) is 10.9. The number of alkyl halides is 3. The van der Waals surface area contributed by atoms with E-state index in [1.165, 1.54) is 25.3 Å². The lowest BCUT2D eigenvalue weighted by Crippen LogP contribution is -2.14. The standard InChI is InChI=1S/C28H22BrF3N2O3/c1-3-5-20-12-19(14-25(36-2)26(20)37-17-18-8-10-23(29)11-9-18)13-21(16-33)27(35)34-24-7-4-6-22(15-24)28(30,31)32/h3-4,6-15H,1,5,17H2,2H3,(H,34,35)/b21-13+. The number of ether oxygens (including phenoxy) is 2. The van der Waals surface area contributed by atoms with Crippen LogP contribution in [0.3, 0.4) is 0 Å². The van der Waals surface area contributed by atoms with Crippen molar-refractivity contribution < 1.29 is 27.4 Å². The first-order chi connectivity index (χ1) is 17.6. The van der Waals surface area contributed by atoms with Gasteiger partial charge in [0.25, 0.3) is 5.91 Å². The van der Waals surface area contributed by atoms with Gasteiger partial charge in [-0.1, -0.05) is 40.2 Å². The quantitative estimate of drug-likeness (QED) is 0.166. The second-order valence-electron chi connectivity index (χ2n) is 7.82. The highest BCUT2D eigenvalue weighted by Crippen LogP contribution is 2.35. The molecule has 5 nitrogen and oxygen atoms in total. The molecule has 0 fully saturated rings. The monoisotopic (exact) mass is 570 g/mol. The Balaban J connectivity index is 1.89. The Morgan fingerprint density at radius 2 is 1.89 bits per heavy atom. The Morgan fingerprint density at radius 3 is 2.51 bits per heavy atom. The molecule has 3 aromatic carbocycles. The third kappa shape index (κ3) is 7.48. The number of hydrogen-bond donors (Lipinski definition) is 1. The van der Waals surface area contributed by atoms with Gasteiger partial charge in [-0.25, -0.2) is 0 Å². The van der Waals surface area contributed by atoms with E-state index in [-0.39, 0.29) is 17.9 Å². The highest BCUT2D eigenvalue weighted by atomic mass is 79.9. The number of methoxy groups -OCH3 is 1. The van der Waals surface area contributed by atoms with Crippen molar-refractivity contribution >= 4 is 33.6 Å². The summed E-state index contributed by atoms with van der Waals surface area (Å²) in [5, 5.41) is 11.9. The number of halogens is 4. The molecule has 0 saturated carbocycles. The summed E-state index contributed by atoms with van der Waals surface area (Å²) in [5.41, 5.74) is 0.839. The van der Waals surface area contributed by atoms with Gasteiger partial charge in [0.2, 0.25) is 0 Å². The van der Waals surface area contributed by atoms with E-state index in [1.807, 2.05) is 24.3 Å². The van der Waals surface area contributed by atoms with Crippen molar-refractivity contribution in [1.82, 2.24) is 0 Å². The molecule has 0 bridgehead atoms. The molecule has 0 atom stereocenters. The number of carbonyl (C=O) groups is 1. The van der Waals surface area contributed by atoms with E-state index in [0.29, 0.717) is 29.0 Å². The summed E-state index contributed by atoms with van der Waals surface area (Å²) in [7, 11) is 1.47. The number of nitriles is 1. The van der Waals surface area contributed by atoms with E-state index in [0.717, 1.165) is 22.2 Å². The van der Waals surface area contributed by atoms with Crippen LogP contribution in [0.5, 0.6) is 11.5 Å². The van der Waals surface area contributed by atoms with Gasteiger partial charge in [0.05, 0.1) is 12.7 Å². The summed E-state index contributed by atoms with van der Waals surface area (Å²) in [6, 6.07) is 17.0. The lowest BCUT2D eigenvalue weighted by molar-refractivity contribution is -0.137. The molecule has 3 aromatic rings. The van der Waals surface area contributed by atoms with Gasteiger partial charge in [-0.3, -0.25) is 4.79 Å². The molecule has 0 saturated heterocycles. The Hall–Kier alpha value is -4.03. The Labute approximate surface area is 221 Å². The Morgan fingerprint density at radius 1 is 1.16 bits per heavy atom. The minimum Gasteiger partial charge on any atom is -0.493 e. The van der Waals surface area contributed by atoms with Crippen molar-refractivity contribution in [3.05, 3.63) is 106 Å². The SMILES string of the molecule is C=CCc1cc(/C=C(\C#N)C(=O)Nc2cccc(C(F)(F)F)c2)cc(OC)c1OCc1ccc(Br)cc1. The summed E-state index contributed by atoms with van der Waals surface area (Å²) in [6.45, 7) is 4.06. The van der Waals surface area contributed by atoms with Gasteiger partial charge in [-0.05, 0) is 66.1 Å². The third-order valence-corrected chi connectivity index (χ3v) is 5.69. The lowest BCUT2D eigenvalue weighted by atomic mass is 10.0. The van der Waals surface area contributed by atoms with Crippen LogP contribution in [0.15, 0.2) is 83.4 Å². The predicted octanol–water partition coefficient (Wildman–Crippen LogP) is 7.33. The number of amides is 1. The molecule has 1 N–H and O–H groups in total. The molecule has 0 spiro atoms. The molecule has 0 radical (unpaired) electrons. The van der Waals surface area contributed by atoms with Crippen molar-refractivity contribution in [2.75, 3.05) is 12.4 Å². The number of nitrogens with zero attached hydrogens (tertiary/aromatic N) is 1. The van der Waals surface area contributed by atoms with Crippen molar-refractivity contribution in [3.8, 4) is 17.6 Å². The number of carbonyl (C=O) groups excluding carboxylic acids is 1. The van der Waals surface area contributed by atoms with E-state index in [9.17, 15) is 23.2 Å². The molecule has 37 heavy (non-hydrogen) atoms. The maximum absolute atomic E-state index is 13.0. The smallest absolute Gasteiger partial charge is 0.416 e. The zero-order valence-electron chi connectivity index (χ0n) is 19.7. The molecule has 190 valence electrons. The maximum atomic E-state index is 13.0. The molecular formula is C28H22BrF3N2O3. The minimum absolute atomic E-state index is 0.0809. The summed E-state index contributed by atoms with van der Waals surface area (Å²) >= 11 is 3.40. The van der Waals surface area contributed by atoms with Crippen molar-refractivity contribution in [2.45, 2.75) is 19.2 Å². The highest BCUT2D eigenvalue weighted by Gasteiger charge is 2.30. The number of nitrogens with one attached hydrogen (secondary N) is 1. The Bertz CT molecular complexity index is 1360. The fourth-order valence-electron chi connectivity index (χ4n) is 3.41. The number of benzene rings is 3. The van der Waals surface area contributed by atoms with E-state index >= 15 is 0 Å². The predicted molar refractivity (Wildman–Crippen MR) is 139 cm³/mol. The summed E-state index contributed by atoms with van der Waals surface area (Å²) in [5.74, 6) is 0.0364. The number of hydrogen-bond acceptors (Lipinski definition) is 4. The van der Waals surface area contributed by atoms with Crippen LogP contribution in [0, 0.1) is 11.3 Å². The van der Waals surface area contributed by atoms with Crippen LogP contribution in [0.25, 0.3) is 6.08 Å². The van der Waals surface area contributed by atoms with Crippen LogP contribution in [-0.4, -0.2) is 13.0 Å². The summed E-state index contributed by atoms with van der Waals surface area (Å²) in [4.78, 5) is 12.7. The average molecular weight is 571 g/mol. The normalized spacial score (nSPS) is 11.4. The van der Waals surface area contributed by atoms with Crippen LogP contribution < -0.4 is 14.8 Å². The van der Waals surface area contributed by atoms with E-state index in [4.69, 9.17) is 9.47 Å². The third-order valence-electron chi connectivity index (χ3n) is 5.16. The van der Waals surface area contributed by atoms with Crippen LogP contribution in [0.2, 0.25) is 0 Å². The number of rotatable bonds is 9. The summed E-state index contributed by atoms with van der Waals surface area (Å²) in [6.07, 6.45) is -1.13. The lowest BCUT2D eigenvalue weighted by Gasteiger charge is -2.16. The molecule has 0 heterocycles. The van der Waals surface area contributed by atoms with Gasteiger partial charge in [0.1, 0.15) is 18.2 Å². The van der Waals surface area contributed by atoms with Gasteiger partial charge < -0.3 is 14.8 Å². The zero-order valence-corrected chi connectivity index (χ0v) is 21.3. The van der Waals surface area contributed by atoms with Crippen molar-refractivity contribution in [2.24, 2.45) is 0 Å². The van der Waals surface area contributed by atoms with Crippen LogP contribution in [-0.2, 0) is 24.0 Å². The van der Waals surface area contributed by atoms with Crippen LogP contribution in [0.1, 0.15) is 22.3 Å². The molecular weight excluding hydrogens is 549 g/mol. The van der Waals surface area contributed by atoms with Crippen molar-refractivity contribution in [1.29, 1.82) is 5.26 Å². The van der Waals surface area contributed by atoms with Crippen LogP contribution in [0.4, 0.5) is 18.9 Å². The largest absolute Gasteiger partial charge is 0.493 e. The molecule has 0 aromatic heterocycles. The molecule has 0 unspecified atom stereocenters. The Kier molecular flexibility index (Phi) is 9.15. The molecule has 0 aliphatic heterocycles. The summed E-state index contributed by atoms with van der Waals surface area (Å²) < 4.78 is 51.4. The topological polar surface area (TPSA) is 71.4 Å². The maximum Gasteiger partial charge on any atom is 0.416 e. The molecule has 1 amide bonds. The van der Waals surface area contributed by atoms with Crippen LogP contribution >= 0.6 is 15.9 Å². The molecule has 0 aliphatic carbocycles. The van der Waals surface area contributed by atoms with Gasteiger partial charge in [0.15, 0.2) is 11.5 Å². The number of anilines is 1. The zero-order chi connectivity index (χ0) is 27.0. The van der Waals surface area contributed by atoms with Crippen molar-refractivity contribution in [3.63, 3.8) is 0 Å². The van der Waals surface area contributed by atoms with E-state index in [1.54, 1.807) is 24.3 Å². The first-order valence-corrected chi connectivity index (χ1v) is 11.7. The molecule has 3 rings (SSSR count). The fraction of sp³-hybridized carbons (Fsp3) is 0.143. The highest BCUT2D eigenvalue weighted by molar-refractivity contribution is 9.10. The minimum atomic E-state index is -4.56. The average Bonchev–Trinajstić information content (AvgIpc) is 2.87. The fourth-order valence-corrected chi connectivity index (χ4v) is 3.68. The van der Waals surface area contributed by atoms with Gasteiger partial charge in [-0.15, -0.1) is 6.58 Å². The van der Waals surface area contributed by atoms with Gasteiger partial charge in [-0.2, -0.15) is 18.4 Å². The van der Waals surface area contributed by atoms with Gasteiger partial charge >= 0.3 is 6.18 Å². The number of allylic oxidation sites excluding steroid dienone is 1. The van der Waals surface area contributed by atoms with E-state index < -0.39 is 17.6 Å². The molecule has 9 heteroatoms. The first kappa shape index (κ1) is 27.6. The second-order valence-corrected chi connectivity index (χ2v) is 8.74. The second kappa shape index (κ2) is 12.3. The van der Waals surface area contributed by atoms with E-state index in [2.05, 4.69) is 27.8 Å². The van der Waals surface area contributed by atoms with Gasteiger partial charge in [0, 0.05) is 15.7 Å². The molecule has 0 aliphatic rings.